The van der Waals surface area contributed by atoms with Crippen molar-refractivity contribution in [2.24, 2.45) is 5.73 Å². The lowest BCUT2D eigenvalue weighted by atomic mass is 10.1. The quantitative estimate of drug-likeness (QED) is 0.855. The Morgan fingerprint density at radius 2 is 2.00 bits per heavy atom. The average Bonchev–Trinajstić information content (AvgIpc) is 2.80. The van der Waals surface area contributed by atoms with E-state index in [1.807, 2.05) is 13.8 Å². The number of hydrogen-bond acceptors (Lipinski definition) is 6. The Morgan fingerprint density at radius 1 is 1.29 bits per heavy atom. The summed E-state index contributed by atoms with van der Waals surface area (Å²) in [6, 6.07) is 0. The van der Waals surface area contributed by atoms with Gasteiger partial charge in [0.15, 0.2) is 0 Å². The highest BCUT2D eigenvalue weighted by molar-refractivity contribution is 5.41. The number of aromatic nitrogens is 4. The van der Waals surface area contributed by atoms with Crippen LogP contribution in [0.3, 0.4) is 0 Å². The summed E-state index contributed by atoms with van der Waals surface area (Å²) in [6.45, 7) is 4.52. The smallest absolute Gasteiger partial charge is 0.240 e. The predicted molar refractivity (Wildman–Crippen MR) is 62.1 cm³/mol. The van der Waals surface area contributed by atoms with Crippen LogP contribution < -0.4 is 5.73 Å². The molecule has 0 saturated carbocycles. The molecule has 0 fully saturated rings. The maximum atomic E-state index is 5.49. The molecule has 2 rings (SSSR count). The molecule has 1 atom stereocenters. The van der Waals surface area contributed by atoms with Crippen molar-refractivity contribution >= 4 is 0 Å². The molecule has 2 N–H and O–H groups in total. The summed E-state index contributed by atoms with van der Waals surface area (Å²) in [6.07, 6.45) is 4.26. The van der Waals surface area contributed by atoms with Crippen molar-refractivity contribution < 1.29 is 4.52 Å². The summed E-state index contributed by atoms with van der Waals surface area (Å²) in [5.41, 5.74) is 6.48. The zero-order valence-corrected chi connectivity index (χ0v) is 9.92. The largest absolute Gasteiger partial charge is 0.339 e. The van der Waals surface area contributed by atoms with Crippen LogP contribution in [0.5, 0.6) is 0 Å². The fourth-order valence-electron chi connectivity index (χ4n) is 1.41. The Morgan fingerprint density at radius 3 is 2.65 bits per heavy atom. The van der Waals surface area contributed by atoms with E-state index in [0.717, 1.165) is 12.0 Å². The van der Waals surface area contributed by atoms with Gasteiger partial charge in [0.1, 0.15) is 0 Å². The van der Waals surface area contributed by atoms with Crippen LogP contribution in [0, 0.1) is 6.92 Å². The molecule has 0 radical (unpaired) electrons. The Hall–Kier alpha value is -1.82. The maximum Gasteiger partial charge on any atom is 0.240 e. The number of nitrogens with zero attached hydrogens (tertiary/aromatic N) is 4. The van der Waals surface area contributed by atoms with Gasteiger partial charge >= 0.3 is 0 Å². The van der Waals surface area contributed by atoms with E-state index in [1.54, 1.807) is 12.4 Å². The second-order valence-corrected chi connectivity index (χ2v) is 4.02. The fraction of sp³-hybridized carbons (Fsp3) is 0.455. The second-order valence-electron chi connectivity index (χ2n) is 4.02. The Balaban J connectivity index is 2.20. The molecule has 90 valence electrons. The highest BCUT2D eigenvalue weighted by Gasteiger charge is 2.15. The van der Waals surface area contributed by atoms with Crippen molar-refractivity contribution in [2.75, 3.05) is 6.54 Å². The van der Waals surface area contributed by atoms with Crippen LogP contribution >= 0.6 is 0 Å². The molecule has 2 aromatic rings. The molecule has 0 aliphatic rings. The fourth-order valence-corrected chi connectivity index (χ4v) is 1.41. The van der Waals surface area contributed by atoms with Gasteiger partial charge < -0.3 is 10.3 Å². The molecular weight excluding hydrogens is 218 g/mol. The van der Waals surface area contributed by atoms with Gasteiger partial charge in [0.2, 0.25) is 17.5 Å². The summed E-state index contributed by atoms with van der Waals surface area (Å²) in [4.78, 5) is 12.6. The molecular formula is C11H15N5O. The number of hydrogen-bond donors (Lipinski definition) is 1. The zero-order valence-electron chi connectivity index (χ0n) is 9.92. The standard InChI is InChI=1S/C11H15N5O/c1-7-5-13-9(14-6-7)10-15-11(17-16-10)8(2)3-4-12/h5-6,8H,3-4,12H2,1-2H3. The molecule has 0 spiro atoms. The molecule has 1 unspecified atom stereocenters. The first kappa shape index (κ1) is 11.7. The van der Waals surface area contributed by atoms with Gasteiger partial charge in [-0.05, 0) is 25.5 Å². The number of nitrogens with two attached hydrogens (primary N) is 1. The van der Waals surface area contributed by atoms with E-state index in [0.29, 0.717) is 24.1 Å². The van der Waals surface area contributed by atoms with Crippen LogP contribution in [0.25, 0.3) is 11.6 Å². The first-order valence-corrected chi connectivity index (χ1v) is 5.53. The van der Waals surface area contributed by atoms with Gasteiger partial charge in [-0.3, -0.25) is 0 Å². The zero-order chi connectivity index (χ0) is 12.3. The molecule has 0 bridgehead atoms. The lowest BCUT2D eigenvalue weighted by Gasteiger charge is -2.01. The third-order valence-corrected chi connectivity index (χ3v) is 2.44. The molecule has 0 aliphatic carbocycles. The van der Waals surface area contributed by atoms with Crippen LogP contribution in [0.15, 0.2) is 16.9 Å². The molecule has 6 nitrogen and oxygen atoms in total. The third kappa shape index (κ3) is 2.65. The van der Waals surface area contributed by atoms with Crippen LogP contribution in [0.2, 0.25) is 0 Å². The van der Waals surface area contributed by atoms with Crippen LogP contribution in [0.1, 0.15) is 30.7 Å². The molecule has 0 aromatic carbocycles. The first-order chi connectivity index (χ1) is 8.20. The summed E-state index contributed by atoms with van der Waals surface area (Å²) >= 11 is 0. The van der Waals surface area contributed by atoms with Gasteiger partial charge in [-0.1, -0.05) is 12.1 Å². The van der Waals surface area contributed by atoms with E-state index in [2.05, 4.69) is 20.1 Å². The average molecular weight is 233 g/mol. The minimum atomic E-state index is 0.159. The van der Waals surface area contributed by atoms with Crippen molar-refractivity contribution in [1.82, 2.24) is 20.1 Å². The van der Waals surface area contributed by atoms with Crippen molar-refractivity contribution in [3.05, 3.63) is 23.8 Å². The third-order valence-electron chi connectivity index (χ3n) is 2.44. The molecule has 0 amide bonds. The summed E-state index contributed by atoms with van der Waals surface area (Å²) in [5.74, 6) is 1.63. The van der Waals surface area contributed by atoms with E-state index in [4.69, 9.17) is 10.3 Å². The van der Waals surface area contributed by atoms with Gasteiger partial charge in [-0.25, -0.2) is 9.97 Å². The highest BCUT2D eigenvalue weighted by atomic mass is 16.5. The van der Waals surface area contributed by atoms with Gasteiger partial charge in [-0.2, -0.15) is 4.98 Å². The SMILES string of the molecule is Cc1cnc(-c2noc(C(C)CCN)n2)nc1. The summed E-state index contributed by atoms with van der Waals surface area (Å²) < 4.78 is 5.17. The van der Waals surface area contributed by atoms with Crippen molar-refractivity contribution in [3.63, 3.8) is 0 Å². The normalized spacial score (nSPS) is 12.6. The molecule has 2 heterocycles. The lowest BCUT2D eigenvalue weighted by Crippen LogP contribution is -2.04. The topological polar surface area (TPSA) is 90.7 Å². The number of aryl methyl sites for hydroxylation is 1. The monoisotopic (exact) mass is 233 g/mol. The van der Waals surface area contributed by atoms with E-state index < -0.39 is 0 Å². The van der Waals surface area contributed by atoms with Gasteiger partial charge in [0.05, 0.1) is 0 Å². The van der Waals surface area contributed by atoms with Crippen LogP contribution in [-0.4, -0.2) is 26.7 Å². The van der Waals surface area contributed by atoms with E-state index in [1.165, 1.54) is 0 Å². The Bertz CT molecular complexity index is 479. The van der Waals surface area contributed by atoms with Crippen molar-refractivity contribution in [2.45, 2.75) is 26.2 Å². The second kappa shape index (κ2) is 5.01. The van der Waals surface area contributed by atoms with E-state index in [-0.39, 0.29) is 5.92 Å². The number of rotatable bonds is 4. The van der Waals surface area contributed by atoms with Gasteiger partial charge in [0.25, 0.3) is 0 Å². The Labute approximate surface area is 99.3 Å². The maximum absolute atomic E-state index is 5.49. The van der Waals surface area contributed by atoms with Crippen LogP contribution in [-0.2, 0) is 0 Å². The first-order valence-electron chi connectivity index (χ1n) is 5.53. The van der Waals surface area contributed by atoms with Crippen LogP contribution in [0.4, 0.5) is 0 Å². The Kier molecular flexibility index (Phi) is 3.43. The molecule has 2 aromatic heterocycles. The molecule has 0 aliphatic heterocycles. The lowest BCUT2D eigenvalue weighted by molar-refractivity contribution is 0.355. The summed E-state index contributed by atoms with van der Waals surface area (Å²) in [7, 11) is 0. The minimum Gasteiger partial charge on any atom is -0.339 e. The van der Waals surface area contributed by atoms with E-state index in [9.17, 15) is 0 Å². The minimum absolute atomic E-state index is 0.159. The van der Waals surface area contributed by atoms with Gasteiger partial charge in [-0.15, -0.1) is 0 Å². The molecule has 17 heavy (non-hydrogen) atoms. The predicted octanol–water partition coefficient (Wildman–Crippen LogP) is 1.29. The van der Waals surface area contributed by atoms with Crippen molar-refractivity contribution in [3.8, 4) is 11.6 Å². The highest BCUT2D eigenvalue weighted by Crippen LogP contribution is 2.18. The summed E-state index contributed by atoms with van der Waals surface area (Å²) in [5, 5.41) is 3.87. The van der Waals surface area contributed by atoms with Crippen molar-refractivity contribution in [1.29, 1.82) is 0 Å². The van der Waals surface area contributed by atoms with E-state index >= 15 is 0 Å². The molecule has 0 saturated heterocycles. The van der Waals surface area contributed by atoms with Gasteiger partial charge in [0, 0.05) is 18.3 Å². The molecule has 6 heteroatoms.